The van der Waals surface area contributed by atoms with Gasteiger partial charge in [-0.2, -0.15) is 0 Å². The number of nitrogens with zero attached hydrogens (tertiary/aromatic N) is 1. The summed E-state index contributed by atoms with van der Waals surface area (Å²) < 4.78 is 0. The van der Waals surface area contributed by atoms with E-state index in [-0.39, 0.29) is 24.3 Å². The van der Waals surface area contributed by atoms with Crippen molar-refractivity contribution in [2.45, 2.75) is 27.2 Å². The summed E-state index contributed by atoms with van der Waals surface area (Å²) in [7, 11) is 0. The molecule has 0 bridgehead atoms. The lowest BCUT2D eigenvalue weighted by atomic mass is 10.3. The Hall–Kier alpha value is -1.06. The number of amides is 2. The first-order valence-corrected chi connectivity index (χ1v) is 5.65. The third-order valence-electron chi connectivity index (χ3n) is 2.98. The fourth-order valence-electron chi connectivity index (χ4n) is 1.67. The molecular weight excluding hydrogens is 192 g/mol. The maximum absolute atomic E-state index is 11.5. The van der Waals surface area contributed by atoms with Crippen LogP contribution in [0.25, 0.3) is 0 Å². The van der Waals surface area contributed by atoms with E-state index in [1.807, 2.05) is 13.8 Å². The normalized spacial score (nSPS) is 23.4. The van der Waals surface area contributed by atoms with Gasteiger partial charge >= 0.3 is 0 Å². The van der Waals surface area contributed by atoms with Gasteiger partial charge in [0.15, 0.2) is 0 Å². The highest BCUT2D eigenvalue weighted by Gasteiger charge is 2.39. The smallest absolute Gasteiger partial charge is 0.241 e. The van der Waals surface area contributed by atoms with Crippen LogP contribution in [-0.2, 0) is 9.59 Å². The third-order valence-corrected chi connectivity index (χ3v) is 2.98. The monoisotopic (exact) mass is 212 g/mol. The summed E-state index contributed by atoms with van der Waals surface area (Å²) in [6.07, 6.45) is 0.964. The van der Waals surface area contributed by atoms with Crippen LogP contribution in [0, 0.1) is 11.8 Å². The van der Waals surface area contributed by atoms with Gasteiger partial charge in [0.1, 0.15) is 0 Å². The summed E-state index contributed by atoms with van der Waals surface area (Å²) in [5, 5.41) is 2.69. The zero-order valence-electron chi connectivity index (χ0n) is 9.75. The first-order chi connectivity index (χ1) is 7.10. The summed E-state index contributed by atoms with van der Waals surface area (Å²) in [5.41, 5.74) is 0. The Morgan fingerprint density at radius 3 is 2.27 bits per heavy atom. The van der Waals surface area contributed by atoms with Gasteiger partial charge < -0.3 is 10.2 Å². The van der Waals surface area contributed by atoms with Gasteiger partial charge in [-0.1, -0.05) is 6.92 Å². The van der Waals surface area contributed by atoms with Crippen LogP contribution in [0.1, 0.15) is 27.2 Å². The van der Waals surface area contributed by atoms with Gasteiger partial charge in [0, 0.05) is 19.0 Å². The second-order valence-electron chi connectivity index (χ2n) is 4.10. The number of likely N-dealkylation sites (N-methyl/N-ethyl adjacent to an activating group) is 1. The zero-order valence-corrected chi connectivity index (χ0v) is 9.75. The SMILES string of the molecule is CCN(CC)C(=O)CNC(=O)[C@@H]1C[C@H]1C. The van der Waals surface area contributed by atoms with Crippen molar-refractivity contribution in [2.75, 3.05) is 19.6 Å². The molecule has 4 heteroatoms. The quantitative estimate of drug-likeness (QED) is 0.726. The van der Waals surface area contributed by atoms with E-state index >= 15 is 0 Å². The second-order valence-corrected chi connectivity index (χ2v) is 4.10. The second kappa shape index (κ2) is 5.14. The van der Waals surface area contributed by atoms with Crippen molar-refractivity contribution >= 4 is 11.8 Å². The van der Waals surface area contributed by atoms with Gasteiger partial charge in [-0.05, 0) is 26.2 Å². The fourth-order valence-corrected chi connectivity index (χ4v) is 1.67. The first kappa shape index (κ1) is 12.0. The molecule has 0 aromatic carbocycles. The molecule has 1 fully saturated rings. The van der Waals surface area contributed by atoms with Crippen molar-refractivity contribution in [2.24, 2.45) is 11.8 Å². The molecule has 1 aliphatic carbocycles. The Morgan fingerprint density at radius 2 is 1.87 bits per heavy atom. The van der Waals surface area contributed by atoms with E-state index in [1.54, 1.807) is 4.90 Å². The van der Waals surface area contributed by atoms with E-state index in [1.165, 1.54) is 0 Å². The van der Waals surface area contributed by atoms with E-state index in [4.69, 9.17) is 0 Å². The van der Waals surface area contributed by atoms with Crippen molar-refractivity contribution in [1.82, 2.24) is 10.2 Å². The fraction of sp³-hybridized carbons (Fsp3) is 0.818. The Kier molecular flexibility index (Phi) is 4.12. The summed E-state index contributed by atoms with van der Waals surface area (Å²) in [6.45, 7) is 7.47. The largest absolute Gasteiger partial charge is 0.347 e. The van der Waals surface area contributed by atoms with Gasteiger partial charge in [0.25, 0.3) is 0 Å². The number of hydrogen-bond acceptors (Lipinski definition) is 2. The zero-order chi connectivity index (χ0) is 11.4. The van der Waals surface area contributed by atoms with Crippen LogP contribution in [0.4, 0.5) is 0 Å². The Balaban J connectivity index is 2.24. The molecule has 0 heterocycles. The van der Waals surface area contributed by atoms with E-state index < -0.39 is 0 Å². The number of carbonyl (C=O) groups is 2. The van der Waals surface area contributed by atoms with E-state index in [0.717, 1.165) is 6.42 Å². The minimum Gasteiger partial charge on any atom is -0.347 e. The van der Waals surface area contributed by atoms with Crippen LogP contribution in [-0.4, -0.2) is 36.3 Å². The predicted molar refractivity (Wildman–Crippen MR) is 58.2 cm³/mol. The van der Waals surface area contributed by atoms with Crippen molar-refractivity contribution in [3.8, 4) is 0 Å². The van der Waals surface area contributed by atoms with E-state index in [9.17, 15) is 9.59 Å². The molecule has 4 nitrogen and oxygen atoms in total. The highest BCUT2D eigenvalue weighted by Crippen LogP contribution is 2.37. The lowest BCUT2D eigenvalue weighted by Gasteiger charge is -2.18. The van der Waals surface area contributed by atoms with Gasteiger partial charge in [0.2, 0.25) is 11.8 Å². The molecule has 1 saturated carbocycles. The van der Waals surface area contributed by atoms with Gasteiger partial charge in [0.05, 0.1) is 6.54 Å². The highest BCUT2D eigenvalue weighted by atomic mass is 16.2. The van der Waals surface area contributed by atoms with Crippen molar-refractivity contribution in [3.63, 3.8) is 0 Å². The lowest BCUT2D eigenvalue weighted by molar-refractivity contribution is -0.132. The lowest BCUT2D eigenvalue weighted by Crippen LogP contribution is -2.40. The number of rotatable bonds is 5. The molecular formula is C11H20N2O2. The molecule has 1 rings (SSSR count). The van der Waals surface area contributed by atoms with Crippen molar-refractivity contribution < 1.29 is 9.59 Å². The molecule has 0 saturated heterocycles. The van der Waals surface area contributed by atoms with Crippen LogP contribution in [0.2, 0.25) is 0 Å². The molecule has 15 heavy (non-hydrogen) atoms. The van der Waals surface area contributed by atoms with Crippen molar-refractivity contribution in [1.29, 1.82) is 0 Å². The summed E-state index contributed by atoms with van der Waals surface area (Å²) in [6, 6.07) is 0. The molecule has 0 aromatic heterocycles. The summed E-state index contributed by atoms with van der Waals surface area (Å²) in [4.78, 5) is 24.7. The topological polar surface area (TPSA) is 49.4 Å². The molecule has 0 aliphatic heterocycles. The van der Waals surface area contributed by atoms with Crippen LogP contribution >= 0.6 is 0 Å². The molecule has 2 atom stereocenters. The third kappa shape index (κ3) is 3.22. The van der Waals surface area contributed by atoms with Crippen LogP contribution in [0.5, 0.6) is 0 Å². The molecule has 2 amide bonds. The van der Waals surface area contributed by atoms with Gasteiger partial charge in [-0.25, -0.2) is 0 Å². The van der Waals surface area contributed by atoms with Crippen LogP contribution < -0.4 is 5.32 Å². The predicted octanol–water partition coefficient (Wildman–Crippen LogP) is 0.627. The van der Waals surface area contributed by atoms with Crippen molar-refractivity contribution in [3.05, 3.63) is 0 Å². The molecule has 0 aromatic rings. The molecule has 1 N–H and O–H groups in total. The van der Waals surface area contributed by atoms with Crippen LogP contribution in [0.3, 0.4) is 0 Å². The number of hydrogen-bond donors (Lipinski definition) is 1. The number of nitrogens with one attached hydrogen (secondary N) is 1. The molecule has 86 valence electrons. The highest BCUT2D eigenvalue weighted by molar-refractivity contribution is 5.87. The van der Waals surface area contributed by atoms with E-state index in [0.29, 0.717) is 19.0 Å². The van der Waals surface area contributed by atoms with Crippen LogP contribution in [0.15, 0.2) is 0 Å². The Labute approximate surface area is 91.0 Å². The van der Waals surface area contributed by atoms with E-state index in [2.05, 4.69) is 12.2 Å². The molecule has 1 aliphatic rings. The number of carbonyl (C=O) groups excluding carboxylic acids is 2. The Morgan fingerprint density at radius 1 is 1.33 bits per heavy atom. The Bertz CT molecular complexity index is 249. The maximum Gasteiger partial charge on any atom is 0.241 e. The molecule has 0 unspecified atom stereocenters. The molecule has 0 spiro atoms. The summed E-state index contributed by atoms with van der Waals surface area (Å²) in [5.74, 6) is 0.674. The standard InChI is InChI=1S/C11H20N2O2/c1-4-13(5-2)10(14)7-12-11(15)9-6-8(9)3/h8-9H,4-7H2,1-3H3,(H,12,15)/t8-,9-/m1/s1. The van der Waals surface area contributed by atoms with Gasteiger partial charge in [-0.3, -0.25) is 9.59 Å². The average Bonchev–Trinajstić information content (AvgIpc) is 2.94. The minimum atomic E-state index is 0.00153. The minimum absolute atomic E-state index is 0.00153. The molecule has 0 radical (unpaired) electrons. The average molecular weight is 212 g/mol. The summed E-state index contributed by atoms with van der Waals surface area (Å²) >= 11 is 0. The van der Waals surface area contributed by atoms with Gasteiger partial charge in [-0.15, -0.1) is 0 Å². The maximum atomic E-state index is 11.5. The first-order valence-electron chi connectivity index (χ1n) is 5.65.